The summed E-state index contributed by atoms with van der Waals surface area (Å²) in [5, 5.41) is 9.67. The molecule has 3 aromatic heterocycles. The largest absolute Gasteiger partial charge is 0.491 e. The van der Waals surface area contributed by atoms with Crippen LogP contribution in [0.2, 0.25) is 0 Å². The van der Waals surface area contributed by atoms with Gasteiger partial charge in [0.1, 0.15) is 11.4 Å². The third-order valence-corrected chi connectivity index (χ3v) is 6.43. The summed E-state index contributed by atoms with van der Waals surface area (Å²) in [6.07, 6.45) is 0.0948. The molecule has 138 valence electrons. The fourth-order valence-electron chi connectivity index (χ4n) is 3.06. The van der Waals surface area contributed by atoms with E-state index < -0.39 is 5.97 Å². The van der Waals surface area contributed by atoms with E-state index in [2.05, 4.69) is 25.1 Å². The van der Waals surface area contributed by atoms with Crippen LogP contribution in [0.25, 0.3) is 25.7 Å². The van der Waals surface area contributed by atoms with Crippen LogP contribution in [0.15, 0.2) is 48.5 Å². The SMILES string of the molecule is Cc1ccc(-c2cc3c(cc(C(=O)O)n3-c3ccc(OC(C)C)cc3)s2)s1. The van der Waals surface area contributed by atoms with Crippen LogP contribution in [0.4, 0.5) is 0 Å². The van der Waals surface area contributed by atoms with E-state index in [1.165, 1.54) is 9.75 Å². The predicted molar refractivity (Wildman–Crippen MR) is 112 cm³/mol. The lowest BCUT2D eigenvalue weighted by molar-refractivity contribution is 0.0688. The maximum atomic E-state index is 11.8. The zero-order valence-corrected chi connectivity index (χ0v) is 16.9. The number of carbonyl (C=O) groups is 1. The number of carboxylic acids is 1. The molecule has 0 bridgehead atoms. The second-order valence-corrected chi connectivity index (χ2v) is 8.97. The van der Waals surface area contributed by atoms with Crippen LogP contribution in [0.5, 0.6) is 5.75 Å². The normalized spacial score (nSPS) is 11.4. The number of fused-ring (bicyclic) bond motifs is 1. The molecule has 0 radical (unpaired) electrons. The van der Waals surface area contributed by atoms with E-state index in [0.717, 1.165) is 26.5 Å². The Bertz CT molecular complexity index is 1120. The number of benzene rings is 1. The Hall–Kier alpha value is -2.57. The smallest absolute Gasteiger partial charge is 0.352 e. The van der Waals surface area contributed by atoms with Crippen molar-refractivity contribution in [2.75, 3.05) is 0 Å². The highest BCUT2D eigenvalue weighted by molar-refractivity contribution is 7.26. The molecule has 0 unspecified atom stereocenters. The van der Waals surface area contributed by atoms with E-state index >= 15 is 0 Å². The molecule has 0 saturated heterocycles. The minimum absolute atomic E-state index is 0.0948. The van der Waals surface area contributed by atoms with Gasteiger partial charge in [0.2, 0.25) is 0 Å². The molecule has 0 aliphatic rings. The first-order chi connectivity index (χ1) is 12.9. The van der Waals surface area contributed by atoms with Crippen molar-refractivity contribution >= 4 is 38.9 Å². The molecule has 0 spiro atoms. The first-order valence-electron chi connectivity index (χ1n) is 8.65. The molecule has 0 atom stereocenters. The summed E-state index contributed by atoms with van der Waals surface area (Å²) < 4.78 is 8.47. The van der Waals surface area contributed by atoms with Gasteiger partial charge in [-0.2, -0.15) is 0 Å². The summed E-state index contributed by atoms with van der Waals surface area (Å²) in [4.78, 5) is 15.4. The number of ether oxygens (including phenoxy) is 1. The van der Waals surface area contributed by atoms with Gasteiger partial charge in [0.15, 0.2) is 0 Å². The maximum absolute atomic E-state index is 11.8. The highest BCUT2D eigenvalue weighted by Gasteiger charge is 2.19. The number of aromatic carboxylic acids is 1. The molecule has 4 rings (SSSR count). The van der Waals surface area contributed by atoms with E-state index in [-0.39, 0.29) is 11.8 Å². The van der Waals surface area contributed by atoms with Gasteiger partial charge in [0.05, 0.1) is 16.3 Å². The van der Waals surface area contributed by atoms with Crippen molar-refractivity contribution in [1.29, 1.82) is 0 Å². The number of aromatic nitrogens is 1. The molecular weight excluding hydrogens is 378 g/mol. The van der Waals surface area contributed by atoms with Crippen molar-refractivity contribution in [1.82, 2.24) is 4.57 Å². The zero-order chi connectivity index (χ0) is 19.1. The van der Waals surface area contributed by atoms with Gasteiger partial charge >= 0.3 is 5.97 Å². The fraction of sp³-hybridized carbons (Fsp3) is 0.190. The number of rotatable bonds is 5. The molecule has 27 heavy (non-hydrogen) atoms. The van der Waals surface area contributed by atoms with E-state index in [0.29, 0.717) is 0 Å². The molecule has 3 heterocycles. The van der Waals surface area contributed by atoms with E-state index in [1.54, 1.807) is 33.3 Å². The van der Waals surface area contributed by atoms with Crippen LogP contribution in [0.3, 0.4) is 0 Å². The molecule has 1 N–H and O–H groups in total. The van der Waals surface area contributed by atoms with Crippen LogP contribution in [0.1, 0.15) is 29.2 Å². The summed E-state index contributed by atoms with van der Waals surface area (Å²) in [5.74, 6) is -0.163. The lowest BCUT2D eigenvalue weighted by Gasteiger charge is -2.12. The Labute approximate surface area is 165 Å². The average Bonchev–Trinajstić information content (AvgIpc) is 3.28. The van der Waals surface area contributed by atoms with Crippen molar-refractivity contribution < 1.29 is 14.6 Å². The first-order valence-corrected chi connectivity index (χ1v) is 10.3. The Balaban J connectivity index is 1.83. The van der Waals surface area contributed by atoms with Crippen LogP contribution in [0, 0.1) is 6.92 Å². The Kier molecular flexibility index (Phi) is 4.53. The van der Waals surface area contributed by atoms with Crippen molar-refractivity contribution in [3.63, 3.8) is 0 Å². The molecule has 4 nitrogen and oxygen atoms in total. The van der Waals surface area contributed by atoms with Gasteiger partial charge in [-0.15, -0.1) is 22.7 Å². The summed E-state index contributed by atoms with van der Waals surface area (Å²) in [6.45, 7) is 6.04. The number of aryl methyl sites for hydroxylation is 1. The van der Waals surface area contributed by atoms with Crippen LogP contribution < -0.4 is 4.74 Å². The number of thiophene rings is 2. The third-order valence-electron chi connectivity index (χ3n) is 4.16. The summed E-state index contributed by atoms with van der Waals surface area (Å²) in [7, 11) is 0. The van der Waals surface area contributed by atoms with Gasteiger partial charge < -0.3 is 14.4 Å². The van der Waals surface area contributed by atoms with E-state index in [4.69, 9.17) is 4.74 Å². The standard InChI is InChI=1S/C21H19NO3S2/c1-12(2)25-15-7-5-14(6-8-15)22-16-10-20(18-9-4-13(3)26-18)27-19(16)11-17(22)21(23)24/h4-12H,1-3H3,(H,23,24). The van der Waals surface area contributed by atoms with Gasteiger partial charge in [-0.1, -0.05) is 0 Å². The predicted octanol–water partition coefficient (Wildman–Crippen LogP) is 6.21. The second kappa shape index (κ2) is 6.87. The van der Waals surface area contributed by atoms with Crippen molar-refractivity contribution in [3.05, 3.63) is 59.1 Å². The summed E-state index contributed by atoms with van der Waals surface area (Å²) >= 11 is 3.37. The van der Waals surface area contributed by atoms with E-state index in [1.807, 2.05) is 38.1 Å². The summed E-state index contributed by atoms with van der Waals surface area (Å²) in [6, 6.07) is 15.6. The molecule has 0 saturated carbocycles. The van der Waals surface area contributed by atoms with E-state index in [9.17, 15) is 9.90 Å². The molecule has 0 fully saturated rings. The molecule has 0 aliphatic carbocycles. The summed E-state index contributed by atoms with van der Waals surface area (Å²) in [5.41, 5.74) is 1.99. The lowest BCUT2D eigenvalue weighted by atomic mass is 10.2. The van der Waals surface area contributed by atoms with Crippen molar-refractivity contribution in [2.24, 2.45) is 0 Å². The quantitative estimate of drug-likeness (QED) is 0.435. The van der Waals surface area contributed by atoms with Gasteiger partial charge in [0, 0.05) is 20.3 Å². The van der Waals surface area contributed by atoms with Gasteiger partial charge in [-0.25, -0.2) is 4.79 Å². The van der Waals surface area contributed by atoms with Gasteiger partial charge in [-0.3, -0.25) is 0 Å². The maximum Gasteiger partial charge on any atom is 0.352 e. The van der Waals surface area contributed by atoms with Crippen LogP contribution in [-0.4, -0.2) is 21.7 Å². The Morgan fingerprint density at radius 2 is 1.78 bits per heavy atom. The van der Waals surface area contributed by atoms with Crippen LogP contribution in [-0.2, 0) is 0 Å². The number of hydrogen-bond donors (Lipinski definition) is 1. The molecule has 4 aromatic rings. The Morgan fingerprint density at radius 3 is 2.37 bits per heavy atom. The molecule has 1 aromatic carbocycles. The number of hydrogen-bond acceptors (Lipinski definition) is 4. The second-order valence-electron chi connectivity index (χ2n) is 6.60. The van der Waals surface area contributed by atoms with Crippen molar-refractivity contribution in [2.45, 2.75) is 26.9 Å². The number of nitrogens with zero attached hydrogens (tertiary/aromatic N) is 1. The van der Waals surface area contributed by atoms with Gasteiger partial charge in [-0.05, 0) is 69.3 Å². The monoisotopic (exact) mass is 397 g/mol. The third kappa shape index (κ3) is 3.38. The average molecular weight is 398 g/mol. The zero-order valence-electron chi connectivity index (χ0n) is 15.2. The minimum Gasteiger partial charge on any atom is -0.491 e. The topological polar surface area (TPSA) is 51.5 Å². The van der Waals surface area contributed by atoms with Crippen LogP contribution >= 0.6 is 22.7 Å². The molecule has 6 heteroatoms. The molecule has 0 amide bonds. The molecular formula is C21H19NO3S2. The highest BCUT2D eigenvalue weighted by atomic mass is 32.1. The number of carboxylic acid groups (broad SMARTS) is 1. The van der Waals surface area contributed by atoms with Gasteiger partial charge in [0.25, 0.3) is 0 Å². The fourth-order valence-corrected chi connectivity index (χ4v) is 5.09. The first kappa shape index (κ1) is 17.8. The molecule has 0 aliphatic heterocycles. The highest BCUT2D eigenvalue weighted by Crippen LogP contribution is 2.39. The Morgan fingerprint density at radius 1 is 1.04 bits per heavy atom. The minimum atomic E-state index is -0.936. The lowest BCUT2D eigenvalue weighted by Crippen LogP contribution is -2.07. The van der Waals surface area contributed by atoms with Crippen molar-refractivity contribution in [3.8, 4) is 21.2 Å².